The van der Waals surface area contributed by atoms with E-state index in [0.29, 0.717) is 6.04 Å². The Labute approximate surface area is 120 Å². The van der Waals surface area contributed by atoms with Crippen LogP contribution in [0, 0.1) is 23.7 Å². The highest BCUT2D eigenvalue weighted by Gasteiger charge is 2.34. The summed E-state index contributed by atoms with van der Waals surface area (Å²) in [5, 5.41) is 0. The number of nitrogens with two attached hydrogens (primary N) is 1. The summed E-state index contributed by atoms with van der Waals surface area (Å²) in [6, 6.07) is 0.507. The van der Waals surface area contributed by atoms with E-state index < -0.39 is 0 Å². The summed E-state index contributed by atoms with van der Waals surface area (Å²) < 4.78 is 0. The van der Waals surface area contributed by atoms with Crippen LogP contribution in [0.4, 0.5) is 0 Å². The molecule has 112 valence electrons. The first kappa shape index (κ1) is 15.4. The lowest BCUT2D eigenvalue weighted by molar-refractivity contribution is 0.129. The maximum absolute atomic E-state index is 6.71. The fraction of sp³-hybridized carbons (Fsp3) is 1.00. The molecule has 3 atom stereocenters. The molecular weight excluding hydrogens is 230 g/mol. The molecule has 0 aromatic rings. The van der Waals surface area contributed by atoms with E-state index in [2.05, 4.69) is 13.8 Å². The predicted molar refractivity (Wildman–Crippen MR) is 84.1 cm³/mol. The van der Waals surface area contributed by atoms with E-state index in [0.717, 1.165) is 23.7 Å². The van der Waals surface area contributed by atoms with Crippen molar-refractivity contribution >= 4 is 0 Å². The molecule has 2 saturated carbocycles. The van der Waals surface area contributed by atoms with Crippen LogP contribution in [0.25, 0.3) is 0 Å². The molecule has 0 bridgehead atoms. The quantitative estimate of drug-likeness (QED) is 0.732. The van der Waals surface area contributed by atoms with Crippen molar-refractivity contribution in [1.82, 2.24) is 0 Å². The van der Waals surface area contributed by atoms with Gasteiger partial charge in [0.25, 0.3) is 0 Å². The van der Waals surface area contributed by atoms with Gasteiger partial charge >= 0.3 is 0 Å². The van der Waals surface area contributed by atoms with E-state index in [1.165, 1.54) is 70.6 Å². The van der Waals surface area contributed by atoms with Gasteiger partial charge in [0, 0.05) is 6.04 Å². The fourth-order valence-electron chi connectivity index (χ4n) is 4.87. The average Bonchev–Trinajstić information content (AvgIpc) is 2.47. The highest BCUT2D eigenvalue weighted by Crippen LogP contribution is 2.40. The monoisotopic (exact) mass is 265 g/mol. The van der Waals surface area contributed by atoms with E-state index in [1.54, 1.807) is 0 Å². The van der Waals surface area contributed by atoms with Crippen LogP contribution in [-0.2, 0) is 0 Å². The van der Waals surface area contributed by atoms with E-state index in [-0.39, 0.29) is 0 Å². The molecule has 0 aromatic heterocycles. The van der Waals surface area contributed by atoms with Crippen molar-refractivity contribution in [1.29, 1.82) is 0 Å². The van der Waals surface area contributed by atoms with Crippen LogP contribution in [0.1, 0.15) is 84.5 Å². The first-order valence-corrected chi connectivity index (χ1v) is 9.01. The molecule has 0 aromatic carbocycles. The molecule has 2 aliphatic carbocycles. The Morgan fingerprint density at radius 3 is 2.26 bits per heavy atom. The van der Waals surface area contributed by atoms with Crippen molar-refractivity contribution in [2.75, 3.05) is 0 Å². The number of hydrogen-bond donors (Lipinski definition) is 1. The topological polar surface area (TPSA) is 26.0 Å². The van der Waals surface area contributed by atoms with Gasteiger partial charge in [-0.2, -0.15) is 0 Å². The molecule has 3 unspecified atom stereocenters. The Hall–Kier alpha value is -0.0400. The Kier molecular flexibility index (Phi) is 6.19. The summed E-state index contributed by atoms with van der Waals surface area (Å²) in [4.78, 5) is 0. The lowest BCUT2D eigenvalue weighted by Crippen LogP contribution is -2.43. The summed E-state index contributed by atoms with van der Waals surface area (Å²) in [5.74, 6) is 3.62. The highest BCUT2D eigenvalue weighted by atomic mass is 14.7. The van der Waals surface area contributed by atoms with E-state index in [4.69, 9.17) is 5.73 Å². The van der Waals surface area contributed by atoms with Gasteiger partial charge in [0.15, 0.2) is 0 Å². The Balaban J connectivity index is 1.84. The first-order valence-electron chi connectivity index (χ1n) is 9.01. The van der Waals surface area contributed by atoms with Gasteiger partial charge in [-0.15, -0.1) is 0 Å². The van der Waals surface area contributed by atoms with E-state index >= 15 is 0 Å². The molecule has 0 aliphatic heterocycles. The van der Waals surface area contributed by atoms with Crippen molar-refractivity contribution in [2.24, 2.45) is 29.4 Å². The van der Waals surface area contributed by atoms with Crippen molar-refractivity contribution in [3.8, 4) is 0 Å². The summed E-state index contributed by atoms with van der Waals surface area (Å²) >= 11 is 0. The molecule has 0 saturated heterocycles. The molecule has 2 fully saturated rings. The molecule has 0 radical (unpaired) electrons. The molecule has 0 spiro atoms. The Bertz CT molecular complexity index is 242. The molecule has 1 nitrogen and oxygen atoms in total. The largest absolute Gasteiger partial charge is 0.327 e. The molecule has 1 heteroatoms. The third-order valence-electron chi connectivity index (χ3n) is 6.12. The van der Waals surface area contributed by atoms with Crippen molar-refractivity contribution in [3.63, 3.8) is 0 Å². The summed E-state index contributed by atoms with van der Waals surface area (Å²) in [6.45, 7) is 4.69. The van der Waals surface area contributed by atoms with Gasteiger partial charge < -0.3 is 5.73 Å². The molecule has 19 heavy (non-hydrogen) atoms. The van der Waals surface area contributed by atoms with Gasteiger partial charge in [0.05, 0.1) is 0 Å². The van der Waals surface area contributed by atoms with Crippen molar-refractivity contribution in [2.45, 2.75) is 90.5 Å². The van der Waals surface area contributed by atoms with Crippen LogP contribution in [0.3, 0.4) is 0 Å². The average molecular weight is 265 g/mol. The zero-order chi connectivity index (χ0) is 13.7. The minimum Gasteiger partial charge on any atom is -0.327 e. The predicted octanol–water partition coefficient (Wildman–Crippen LogP) is 5.14. The lowest BCUT2D eigenvalue weighted by Gasteiger charge is -2.41. The van der Waals surface area contributed by atoms with Gasteiger partial charge in [-0.3, -0.25) is 0 Å². The van der Waals surface area contributed by atoms with Crippen LogP contribution in [0.2, 0.25) is 0 Å². The second kappa shape index (κ2) is 7.67. The van der Waals surface area contributed by atoms with E-state index in [9.17, 15) is 0 Å². The highest BCUT2D eigenvalue weighted by molar-refractivity contribution is 4.89. The minimum absolute atomic E-state index is 0.507. The first-order chi connectivity index (χ1) is 9.26. The fourth-order valence-corrected chi connectivity index (χ4v) is 4.87. The molecule has 2 N–H and O–H groups in total. The molecule has 2 rings (SSSR count). The Morgan fingerprint density at radius 1 is 0.947 bits per heavy atom. The van der Waals surface area contributed by atoms with E-state index in [1.807, 2.05) is 0 Å². The van der Waals surface area contributed by atoms with Gasteiger partial charge in [0.2, 0.25) is 0 Å². The second-order valence-electron chi connectivity index (χ2n) is 7.26. The second-order valence-corrected chi connectivity index (χ2v) is 7.26. The molecule has 0 heterocycles. The normalized spacial score (nSPS) is 38.1. The summed E-state index contributed by atoms with van der Waals surface area (Å²) in [6.07, 6.45) is 15.6. The van der Waals surface area contributed by atoms with Gasteiger partial charge in [-0.25, -0.2) is 0 Å². The number of hydrogen-bond acceptors (Lipinski definition) is 1. The van der Waals surface area contributed by atoms with Crippen LogP contribution >= 0.6 is 0 Å². The Morgan fingerprint density at radius 2 is 1.63 bits per heavy atom. The zero-order valence-corrected chi connectivity index (χ0v) is 13.2. The zero-order valence-electron chi connectivity index (χ0n) is 13.2. The summed E-state index contributed by atoms with van der Waals surface area (Å²) in [7, 11) is 0. The van der Waals surface area contributed by atoms with Gasteiger partial charge in [-0.1, -0.05) is 65.2 Å². The molecular formula is C18H35N. The van der Waals surface area contributed by atoms with Gasteiger partial charge in [-0.05, 0) is 42.9 Å². The SMILES string of the molecule is CCCC1CCC(C(N)C2CCCCC2CC)CC1. The molecule has 2 aliphatic rings. The maximum Gasteiger partial charge on any atom is 0.00982 e. The minimum atomic E-state index is 0.507. The summed E-state index contributed by atoms with van der Waals surface area (Å²) in [5.41, 5.74) is 6.71. The van der Waals surface area contributed by atoms with Crippen LogP contribution < -0.4 is 5.73 Å². The smallest absolute Gasteiger partial charge is 0.00982 e. The number of rotatable bonds is 5. The third-order valence-corrected chi connectivity index (χ3v) is 6.12. The lowest BCUT2D eigenvalue weighted by atomic mass is 9.67. The van der Waals surface area contributed by atoms with Crippen LogP contribution in [0.5, 0.6) is 0 Å². The van der Waals surface area contributed by atoms with Crippen molar-refractivity contribution < 1.29 is 0 Å². The molecule has 0 amide bonds. The van der Waals surface area contributed by atoms with Gasteiger partial charge in [0.1, 0.15) is 0 Å². The van der Waals surface area contributed by atoms with Crippen LogP contribution in [-0.4, -0.2) is 6.04 Å². The third kappa shape index (κ3) is 3.97. The maximum atomic E-state index is 6.71. The van der Waals surface area contributed by atoms with Crippen molar-refractivity contribution in [3.05, 3.63) is 0 Å². The van der Waals surface area contributed by atoms with Crippen LogP contribution in [0.15, 0.2) is 0 Å². The standard InChI is InChI=1S/C18H35N/c1-3-7-14-10-12-16(13-11-14)18(19)17-9-6-5-8-15(17)4-2/h14-18H,3-13,19H2,1-2H3.